The molecule has 0 bridgehead atoms. The third-order valence-electron chi connectivity index (χ3n) is 4.36. The van der Waals surface area contributed by atoms with Crippen LogP contribution in [0.25, 0.3) is 0 Å². The molecule has 7 heteroatoms. The molecule has 0 unspecified atom stereocenters. The first-order chi connectivity index (χ1) is 12.0. The predicted molar refractivity (Wildman–Crippen MR) is 138 cm³/mol. The molecule has 0 aromatic heterocycles. The molecule has 2 radical (unpaired) electrons. The number of nitrogens with zero attached hydrogens (tertiary/aromatic N) is 2. The summed E-state index contributed by atoms with van der Waals surface area (Å²) in [6.45, 7) is 32.9. The van der Waals surface area contributed by atoms with Crippen LogP contribution in [0.15, 0.2) is 0 Å². The monoisotopic (exact) mass is 520 g/mol. The van der Waals surface area contributed by atoms with E-state index >= 15 is 0 Å². The summed E-state index contributed by atoms with van der Waals surface area (Å²) in [6.07, 6.45) is 1.71. The zero-order valence-electron chi connectivity index (χ0n) is 20.9. The van der Waals surface area contributed by atoms with E-state index in [-0.39, 0.29) is 21.1 Å². The second-order valence-corrected chi connectivity index (χ2v) is 24.3. The van der Waals surface area contributed by atoms with Crippen LogP contribution in [-0.4, -0.2) is 67.5 Å². The Morgan fingerprint density at radius 1 is 0.556 bits per heavy atom. The van der Waals surface area contributed by atoms with Gasteiger partial charge in [0.1, 0.15) is 0 Å². The molecule has 0 aromatic carbocycles. The Balaban J connectivity index is 0.000000636. The molecule has 1 rings (SSSR count). The Morgan fingerprint density at radius 2 is 0.778 bits per heavy atom. The summed E-state index contributed by atoms with van der Waals surface area (Å²) in [7, 11) is 2.20. The zero-order chi connectivity index (χ0) is 21.7. The maximum absolute atomic E-state index is 2.71. The molecule has 0 spiro atoms. The molecule has 27 heavy (non-hydrogen) atoms. The van der Waals surface area contributed by atoms with Gasteiger partial charge in [0, 0.05) is 0 Å². The quantitative estimate of drug-likeness (QED) is 0.285. The van der Waals surface area contributed by atoms with E-state index in [1.165, 1.54) is 0 Å². The fourth-order valence-corrected chi connectivity index (χ4v) is 15.6. The molecule has 1 aliphatic rings. The van der Waals surface area contributed by atoms with Gasteiger partial charge in [-0.3, -0.25) is 0 Å². The van der Waals surface area contributed by atoms with E-state index < -0.39 is 0 Å². The standard InChI is InChI=1S/C12H30B2N2P2.2C4H9.Sn/c1-9(2)15(10(3)4)13-17-14(18-13)16(11(5)6)12(7)8;2*1-4(2)3;/h9-12,17-18H,1-8H3;2*1-3H3;. The van der Waals surface area contributed by atoms with E-state index in [0.717, 1.165) is 29.2 Å². The summed E-state index contributed by atoms with van der Waals surface area (Å²) in [5, 5.41) is 0. The minimum absolute atomic E-state index is 0.182. The Kier molecular flexibility index (Phi) is 12.7. The van der Waals surface area contributed by atoms with E-state index in [0.29, 0.717) is 31.0 Å². The van der Waals surface area contributed by atoms with Gasteiger partial charge in [0.2, 0.25) is 0 Å². The summed E-state index contributed by atoms with van der Waals surface area (Å²) in [5.74, 6) is 0. The van der Waals surface area contributed by atoms with Crippen LogP contribution in [0.3, 0.4) is 0 Å². The molecular formula is C20H48B2N2P2Sn. The van der Waals surface area contributed by atoms with Gasteiger partial charge in [-0.05, 0) is 24.2 Å². The van der Waals surface area contributed by atoms with Crippen LogP contribution in [-0.2, 0) is 0 Å². The summed E-state index contributed by atoms with van der Waals surface area (Å²) in [6, 6.07) is 2.73. The fourth-order valence-electron chi connectivity index (χ4n) is 4.15. The van der Waals surface area contributed by atoms with Crippen LogP contribution in [0, 0.1) is 0 Å². The van der Waals surface area contributed by atoms with Gasteiger partial charge in [-0.15, -0.1) is 16.7 Å². The molecule has 1 aliphatic heterocycles. The SMILES string of the molecule is CC(C)N(B1PB(N(C(C)C)C(C)C)P1)C(C)C.C[C](C)(C)[Sn][C](C)(C)C. The van der Waals surface area contributed by atoms with Gasteiger partial charge in [-0.2, -0.15) is 0 Å². The second kappa shape index (κ2) is 11.9. The van der Waals surface area contributed by atoms with Gasteiger partial charge in [0.15, 0.2) is 0 Å². The van der Waals surface area contributed by atoms with Crippen LogP contribution in [0.1, 0.15) is 96.9 Å². The van der Waals surface area contributed by atoms with Gasteiger partial charge in [0.05, 0.1) is 0 Å². The molecule has 0 aliphatic carbocycles. The van der Waals surface area contributed by atoms with Crippen molar-refractivity contribution in [2.24, 2.45) is 0 Å². The topological polar surface area (TPSA) is 6.48 Å². The Labute approximate surface area is 187 Å². The maximum atomic E-state index is 2.71. The van der Waals surface area contributed by atoms with Crippen LogP contribution in [0.5, 0.6) is 0 Å². The van der Waals surface area contributed by atoms with Crippen molar-refractivity contribution in [1.82, 2.24) is 9.62 Å². The fraction of sp³-hybridized carbons (Fsp3) is 1.00. The Bertz CT molecular complexity index is 363. The molecule has 0 saturated carbocycles. The molecule has 1 saturated heterocycles. The molecule has 0 atom stereocenters. The van der Waals surface area contributed by atoms with Gasteiger partial charge in [-0.25, -0.2) is 0 Å². The second-order valence-electron chi connectivity index (χ2n) is 11.0. The van der Waals surface area contributed by atoms with Crippen molar-refractivity contribution >= 4 is 50.4 Å². The molecule has 158 valence electrons. The predicted octanol–water partition coefficient (Wildman–Crippen LogP) is 6.69. The molecular weight excluding hydrogens is 471 g/mol. The van der Waals surface area contributed by atoms with Gasteiger partial charge >= 0.3 is 69.5 Å². The van der Waals surface area contributed by atoms with Crippen molar-refractivity contribution in [2.75, 3.05) is 0 Å². The summed E-state index contributed by atoms with van der Waals surface area (Å²) in [5.41, 5.74) is 0. The normalized spacial score (nSPS) is 17.8. The van der Waals surface area contributed by atoms with Crippen molar-refractivity contribution in [2.45, 2.75) is 128 Å². The molecule has 0 amide bonds. The summed E-state index contributed by atoms with van der Waals surface area (Å²) in [4.78, 5) is 5.43. The van der Waals surface area contributed by atoms with Crippen molar-refractivity contribution in [1.29, 1.82) is 0 Å². The van der Waals surface area contributed by atoms with Gasteiger partial charge in [-0.1, -0.05) is 55.4 Å². The van der Waals surface area contributed by atoms with Crippen LogP contribution >= 0.6 is 16.7 Å². The van der Waals surface area contributed by atoms with E-state index in [4.69, 9.17) is 0 Å². The van der Waals surface area contributed by atoms with Crippen molar-refractivity contribution in [3.8, 4) is 0 Å². The Hall–Kier alpha value is 1.71. The van der Waals surface area contributed by atoms with Crippen molar-refractivity contribution in [3.63, 3.8) is 0 Å². The van der Waals surface area contributed by atoms with Crippen molar-refractivity contribution in [3.05, 3.63) is 0 Å². The molecule has 0 N–H and O–H groups in total. The molecule has 0 aromatic rings. The first kappa shape index (κ1) is 28.7. The van der Waals surface area contributed by atoms with Gasteiger partial charge in [0.25, 0.3) is 12.6 Å². The third-order valence-corrected chi connectivity index (χ3v) is 13.1. The first-order valence-electron chi connectivity index (χ1n) is 10.8. The summed E-state index contributed by atoms with van der Waals surface area (Å²) >= 11 is -0.182. The van der Waals surface area contributed by atoms with Crippen LogP contribution in [0.4, 0.5) is 0 Å². The minimum atomic E-state index is -0.182. The first-order valence-corrected chi connectivity index (χ1v) is 16.0. The average Bonchev–Trinajstić information content (AvgIpc) is 2.29. The van der Waals surface area contributed by atoms with Gasteiger partial charge < -0.3 is 9.62 Å². The van der Waals surface area contributed by atoms with Crippen LogP contribution in [0.2, 0.25) is 6.86 Å². The van der Waals surface area contributed by atoms with E-state index in [1.807, 2.05) is 0 Å². The van der Waals surface area contributed by atoms with E-state index in [1.54, 1.807) is 0 Å². The molecule has 1 heterocycles. The van der Waals surface area contributed by atoms with E-state index in [2.05, 4.69) is 107 Å². The number of hydrogen-bond acceptors (Lipinski definition) is 2. The zero-order valence-corrected chi connectivity index (χ0v) is 25.7. The number of rotatable bonds is 6. The van der Waals surface area contributed by atoms with Crippen molar-refractivity contribution < 1.29 is 0 Å². The van der Waals surface area contributed by atoms with Crippen LogP contribution < -0.4 is 0 Å². The average molecular weight is 519 g/mol. The number of hydrogen-bond donors (Lipinski definition) is 0. The Morgan fingerprint density at radius 3 is 0.889 bits per heavy atom. The summed E-state index contributed by atoms with van der Waals surface area (Å²) < 4.78 is 1.31. The molecule has 1 fully saturated rings. The van der Waals surface area contributed by atoms with E-state index in [9.17, 15) is 0 Å². The third kappa shape index (κ3) is 11.6. The molecule has 2 nitrogen and oxygen atoms in total.